The Morgan fingerprint density at radius 1 is 0.579 bits per heavy atom. The number of rotatable bonds is 6. The minimum atomic E-state index is -0.0650. The van der Waals surface area contributed by atoms with Crippen LogP contribution in [0.1, 0.15) is 49.4 Å². The summed E-state index contributed by atoms with van der Waals surface area (Å²) >= 11 is 0. The fourth-order valence-electron chi connectivity index (χ4n) is 6.06. The highest BCUT2D eigenvalue weighted by Gasteiger charge is 2.35. The molecule has 188 valence electrons. The third-order valence-electron chi connectivity index (χ3n) is 8.14. The van der Waals surface area contributed by atoms with Crippen molar-refractivity contribution in [1.82, 2.24) is 0 Å². The molecule has 0 unspecified atom stereocenters. The van der Waals surface area contributed by atoms with Crippen LogP contribution in [0.3, 0.4) is 0 Å². The van der Waals surface area contributed by atoms with Gasteiger partial charge in [0, 0.05) is 16.8 Å². The summed E-state index contributed by atoms with van der Waals surface area (Å²) < 4.78 is 0. The average molecular weight is 494 g/mol. The lowest BCUT2D eigenvalue weighted by molar-refractivity contribution is 0.661. The second-order valence-corrected chi connectivity index (χ2v) is 11.1. The van der Waals surface area contributed by atoms with Crippen molar-refractivity contribution in [2.24, 2.45) is 0 Å². The standard InChI is InChI=1S/C37H35N/c1-5-11-27-16-18-29(23-34(27)31-15-10-9-12-25(31)2)38-30-19-21-33-32-20-17-28(26-13-7-6-8-14-26)22-35(32)37(3,4)36(33)24-30/h6-10,12-24,38H,5,11H2,1-4H3. The van der Waals surface area contributed by atoms with Gasteiger partial charge < -0.3 is 5.32 Å². The van der Waals surface area contributed by atoms with Gasteiger partial charge in [0.2, 0.25) is 0 Å². The molecule has 0 aromatic heterocycles. The molecule has 6 rings (SSSR count). The van der Waals surface area contributed by atoms with Crippen molar-refractivity contribution < 1.29 is 0 Å². The van der Waals surface area contributed by atoms with Gasteiger partial charge in [-0.1, -0.05) is 106 Å². The summed E-state index contributed by atoms with van der Waals surface area (Å²) in [5.74, 6) is 0. The third-order valence-corrected chi connectivity index (χ3v) is 8.14. The molecule has 0 heterocycles. The molecule has 1 aliphatic carbocycles. The Kier molecular flexibility index (Phi) is 6.16. The first kappa shape index (κ1) is 24.2. The van der Waals surface area contributed by atoms with Crippen molar-refractivity contribution in [2.75, 3.05) is 5.32 Å². The van der Waals surface area contributed by atoms with E-state index in [4.69, 9.17) is 0 Å². The first-order valence-electron chi connectivity index (χ1n) is 13.8. The van der Waals surface area contributed by atoms with E-state index in [0.717, 1.165) is 24.2 Å². The summed E-state index contributed by atoms with van der Waals surface area (Å²) in [4.78, 5) is 0. The molecule has 0 amide bonds. The van der Waals surface area contributed by atoms with Gasteiger partial charge in [0.15, 0.2) is 0 Å². The second kappa shape index (κ2) is 9.65. The molecular weight excluding hydrogens is 458 g/mol. The molecule has 5 aromatic carbocycles. The number of anilines is 2. The van der Waals surface area contributed by atoms with Crippen molar-refractivity contribution in [1.29, 1.82) is 0 Å². The molecule has 0 atom stereocenters. The topological polar surface area (TPSA) is 12.0 Å². The van der Waals surface area contributed by atoms with Crippen molar-refractivity contribution >= 4 is 11.4 Å². The van der Waals surface area contributed by atoms with E-state index >= 15 is 0 Å². The van der Waals surface area contributed by atoms with E-state index in [1.807, 2.05) is 0 Å². The van der Waals surface area contributed by atoms with E-state index < -0.39 is 0 Å². The zero-order valence-electron chi connectivity index (χ0n) is 22.8. The van der Waals surface area contributed by atoms with Gasteiger partial charge in [-0.3, -0.25) is 0 Å². The molecule has 0 spiro atoms. The van der Waals surface area contributed by atoms with Gasteiger partial charge in [-0.05, 0) is 99.3 Å². The Balaban J connectivity index is 1.35. The van der Waals surface area contributed by atoms with Gasteiger partial charge in [0.25, 0.3) is 0 Å². The first-order valence-corrected chi connectivity index (χ1v) is 13.8. The van der Waals surface area contributed by atoms with Gasteiger partial charge >= 0.3 is 0 Å². The Hall–Kier alpha value is -4.10. The maximum absolute atomic E-state index is 3.73. The molecule has 0 saturated carbocycles. The Bertz CT molecular complexity index is 1620. The molecule has 1 nitrogen and oxygen atoms in total. The van der Waals surface area contributed by atoms with Gasteiger partial charge in [-0.2, -0.15) is 0 Å². The predicted molar refractivity (Wildman–Crippen MR) is 163 cm³/mol. The highest BCUT2D eigenvalue weighted by atomic mass is 14.9. The summed E-state index contributed by atoms with van der Waals surface area (Å²) in [6.07, 6.45) is 2.22. The van der Waals surface area contributed by atoms with E-state index in [1.165, 1.54) is 55.6 Å². The SMILES string of the molecule is CCCc1ccc(Nc2ccc3c(c2)C(C)(C)c2cc(-c4ccccc4)ccc2-3)cc1-c1ccccc1C. The van der Waals surface area contributed by atoms with Crippen LogP contribution < -0.4 is 5.32 Å². The summed E-state index contributed by atoms with van der Waals surface area (Å²) in [5, 5.41) is 3.73. The molecular formula is C37H35N. The molecule has 0 saturated heterocycles. The van der Waals surface area contributed by atoms with E-state index in [9.17, 15) is 0 Å². The predicted octanol–water partition coefficient (Wildman–Crippen LogP) is 10.3. The van der Waals surface area contributed by atoms with Crippen LogP contribution in [0.25, 0.3) is 33.4 Å². The van der Waals surface area contributed by atoms with E-state index in [-0.39, 0.29) is 5.41 Å². The Labute approximate surface area is 227 Å². The Morgan fingerprint density at radius 2 is 1.24 bits per heavy atom. The van der Waals surface area contributed by atoms with Gasteiger partial charge in [0.1, 0.15) is 0 Å². The molecule has 1 heteroatoms. The molecule has 0 bridgehead atoms. The fraction of sp³-hybridized carbons (Fsp3) is 0.189. The highest BCUT2D eigenvalue weighted by Crippen LogP contribution is 2.50. The monoisotopic (exact) mass is 493 g/mol. The van der Waals surface area contributed by atoms with E-state index in [2.05, 4.69) is 142 Å². The van der Waals surface area contributed by atoms with Gasteiger partial charge in [-0.25, -0.2) is 0 Å². The van der Waals surface area contributed by atoms with Crippen LogP contribution in [-0.4, -0.2) is 0 Å². The number of fused-ring (bicyclic) bond motifs is 3. The molecule has 1 N–H and O–H groups in total. The van der Waals surface area contributed by atoms with Crippen LogP contribution in [0.4, 0.5) is 11.4 Å². The molecule has 1 aliphatic rings. The number of hydrogen-bond acceptors (Lipinski definition) is 1. The Morgan fingerprint density at radius 3 is 2.00 bits per heavy atom. The molecule has 0 radical (unpaired) electrons. The number of nitrogens with one attached hydrogen (secondary N) is 1. The molecule has 0 fully saturated rings. The van der Waals surface area contributed by atoms with Crippen LogP contribution in [0.5, 0.6) is 0 Å². The third kappa shape index (κ3) is 4.23. The van der Waals surface area contributed by atoms with Crippen molar-refractivity contribution in [3.05, 3.63) is 131 Å². The van der Waals surface area contributed by atoms with Crippen molar-refractivity contribution in [3.63, 3.8) is 0 Å². The first-order chi connectivity index (χ1) is 18.5. The molecule has 5 aromatic rings. The van der Waals surface area contributed by atoms with Crippen LogP contribution >= 0.6 is 0 Å². The quantitative estimate of drug-likeness (QED) is 0.248. The van der Waals surface area contributed by atoms with Crippen molar-refractivity contribution in [3.8, 4) is 33.4 Å². The summed E-state index contributed by atoms with van der Waals surface area (Å²) in [6.45, 7) is 9.16. The van der Waals surface area contributed by atoms with Crippen LogP contribution in [0.15, 0.2) is 109 Å². The largest absolute Gasteiger partial charge is 0.355 e. The van der Waals surface area contributed by atoms with Gasteiger partial charge in [0.05, 0.1) is 0 Å². The van der Waals surface area contributed by atoms with E-state index in [0.29, 0.717) is 0 Å². The summed E-state index contributed by atoms with van der Waals surface area (Å²) in [7, 11) is 0. The smallest absolute Gasteiger partial charge is 0.0390 e. The highest BCUT2D eigenvalue weighted by molar-refractivity contribution is 5.85. The van der Waals surface area contributed by atoms with Gasteiger partial charge in [-0.15, -0.1) is 0 Å². The van der Waals surface area contributed by atoms with E-state index in [1.54, 1.807) is 0 Å². The van der Waals surface area contributed by atoms with Crippen LogP contribution in [0.2, 0.25) is 0 Å². The number of benzene rings is 5. The maximum atomic E-state index is 3.73. The maximum Gasteiger partial charge on any atom is 0.0390 e. The fourth-order valence-corrected chi connectivity index (χ4v) is 6.06. The average Bonchev–Trinajstić information content (AvgIpc) is 3.16. The lowest BCUT2D eigenvalue weighted by atomic mass is 9.81. The number of hydrogen-bond donors (Lipinski definition) is 1. The van der Waals surface area contributed by atoms with Crippen LogP contribution in [0, 0.1) is 6.92 Å². The summed E-state index contributed by atoms with van der Waals surface area (Å²) in [5.41, 5.74) is 15.6. The normalized spacial score (nSPS) is 13.2. The molecule has 38 heavy (non-hydrogen) atoms. The zero-order valence-corrected chi connectivity index (χ0v) is 22.8. The lowest BCUT2D eigenvalue weighted by Crippen LogP contribution is -2.15. The minimum absolute atomic E-state index is 0.0650. The lowest BCUT2D eigenvalue weighted by Gasteiger charge is -2.23. The van der Waals surface area contributed by atoms with Crippen LogP contribution in [-0.2, 0) is 11.8 Å². The second-order valence-electron chi connectivity index (χ2n) is 11.1. The zero-order chi connectivity index (χ0) is 26.3. The summed E-state index contributed by atoms with van der Waals surface area (Å²) in [6, 6.07) is 40.1. The minimum Gasteiger partial charge on any atom is -0.355 e. The van der Waals surface area contributed by atoms with Crippen molar-refractivity contribution in [2.45, 2.75) is 46.0 Å². The molecule has 0 aliphatic heterocycles. The number of aryl methyl sites for hydroxylation is 2.